The van der Waals surface area contributed by atoms with Crippen LogP contribution in [-0.4, -0.2) is 19.2 Å². The summed E-state index contributed by atoms with van der Waals surface area (Å²) in [4.78, 5) is 4.66. The van der Waals surface area contributed by atoms with Crippen molar-refractivity contribution in [3.05, 3.63) is 23.5 Å². The number of nitrogens with zero attached hydrogens (tertiary/aromatic N) is 1. The van der Waals surface area contributed by atoms with Crippen molar-refractivity contribution in [3.63, 3.8) is 0 Å². The first kappa shape index (κ1) is 8.69. The van der Waals surface area contributed by atoms with Gasteiger partial charge in [-0.3, -0.25) is 4.98 Å². The minimum Gasteiger partial charge on any atom is -0.257 e. The summed E-state index contributed by atoms with van der Waals surface area (Å²) in [5.74, 6) is 0.269. The monoisotopic (exact) mass is 197 g/mol. The van der Waals surface area contributed by atoms with Gasteiger partial charge in [0.1, 0.15) is 0 Å². The number of rotatable bonds is 0. The van der Waals surface area contributed by atoms with Crippen molar-refractivity contribution in [1.29, 1.82) is 0 Å². The second-order valence-corrected chi connectivity index (χ2v) is 5.40. The molecule has 1 aromatic rings. The highest BCUT2D eigenvalue weighted by Crippen LogP contribution is 2.23. The zero-order chi connectivity index (χ0) is 9.47. The van der Waals surface area contributed by atoms with Gasteiger partial charge in [0.25, 0.3) is 0 Å². The Balaban J connectivity index is 2.66. The van der Waals surface area contributed by atoms with Gasteiger partial charge in [0.2, 0.25) is 0 Å². The lowest BCUT2D eigenvalue weighted by atomic mass is 10.2. The molecule has 0 spiro atoms. The van der Waals surface area contributed by atoms with Crippen LogP contribution < -0.4 is 0 Å². The molecule has 1 aliphatic heterocycles. The number of hydrogen-bond donors (Lipinski definition) is 0. The molecule has 1 aromatic heterocycles. The highest BCUT2D eigenvalue weighted by Gasteiger charge is 2.23. The molecule has 0 saturated heterocycles. The Morgan fingerprint density at radius 3 is 2.92 bits per heavy atom. The number of fused-ring (bicyclic) bond motifs is 1. The molecule has 70 valence electrons. The first-order valence-electron chi connectivity index (χ1n) is 4.29. The average Bonchev–Trinajstić information content (AvgIpc) is 2.02. The second-order valence-electron chi connectivity index (χ2n) is 3.32. The van der Waals surface area contributed by atoms with E-state index in [9.17, 15) is 8.42 Å². The maximum atomic E-state index is 11.5. The van der Waals surface area contributed by atoms with Crippen LogP contribution in [0.3, 0.4) is 0 Å². The van der Waals surface area contributed by atoms with E-state index in [0.717, 1.165) is 17.8 Å². The maximum Gasteiger partial charge on any atom is 0.180 e. The minimum absolute atomic E-state index is 0.269. The zero-order valence-electron chi connectivity index (χ0n) is 7.45. The van der Waals surface area contributed by atoms with E-state index in [2.05, 4.69) is 4.98 Å². The molecule has 4 heteroatoms. The number of sulfone groups is 1. The van der Waals surface area contributed by atoms with Gasteiger partial charge in [0.05, 0.1) is 16.3 Å². The van der Waals surface area contributed by atoms with Gasteiger partial charge in [-0.1, -0.05) is 0 Å². The van der Waals surface area contributed by atoms with E-state index < -0.39 is 9.84 Å². The largest absolute Gasteiger partial charge is 0.257 e. The summed E-state index contributed by atoms with van der Waals surface area (Å²) in [6.45, 7) is 1.88. The summed E-state index contributed by atoms with van der Waals surface area (Å²) in [5.41, 5.74) is 1.63. The quantitative estimate of drug-likeness (QED) is 0.626. The average molecular weight is 197 g/mol. The summed E-state index contributed by atoms with van der Waals surface area (Å²) in [5, 5.41) is 0. The first-order valence-corrected chi connectivity index (χ1v) is 5.94. The van der Waals surface area contributed by atoms with E-state index in [1.807, 2.05) is 6.92 Å². The fourth-order valence-corrected chi connectivity index (χ4v) is 3.13. The summed E-state index contributed by atoms with van der Waals surface area (Å²) < 4.78 is 23.1. The van der Waals surface area contributed by atoms with Crippen molar-refractivity contribution in [2.45, 2.75) is 24.7 Å². The molecule has 2 rings (SSSR count). The Labute approximate surface area is 77.7 Å². The van der Waals surface area contributed by atoms with Gasteiger partial charge in [0.15, 0.2) is 9.84 Å². The molecule has 0 fully saturated rings. The van der Waals surface area contributed by atoms with E-state index in [-0.39, 0.29) is 5.75 Å². The summed E-state index contributed by atoms with van der Waals surface area (Å²) >= 11 is 0. The van der Waals surface area contributed by atoms with Crippen LogP contribution in [0.4, 0.5) is 0 Å². The van der Waals surface area contributed by atoms with Crippen molar-refractivity contribution in [3.8, 4) is 0 Å². The molecule has 0 radical (unpaired) electrons. The lowest BCUT2D eigenvalue weighted by molar-refractivity contribution is 0.584. The summed E-state index contributed by atoms with van der Waals surface area (Å²) in [6.07, 6.45) is 1.49. The smallest absolute Gasteiger partial charge is 0.180 e. The van der Waals surface area contributed by atoms with E-state index in [1.165, 1.54) is 0 Å². The standard InChI is InChI=1S/C9H11NO2S/c1-7-4-5-9-8(10-7)3-2-6-13(9,11)12/h4-5H,2-3,6H2,1H3. The van der Waals surface area contributed by atoms with E-state index >= 15 is 0 Å². The van der Waals surface area contributed by atoms with Crippen molar-refractivity contribution in [2.24, 2.45) is 0 Å². The molecule has 0 atom stereocenters. The predicted molar refractivity (Wildman–Crippen MR) is 49.3 cm³/mol. The van der Waals surface area contributed by atoms with Crippen LogP contribution >= 0.6 is 0 Å². The Kier molecular flexibility index (Phi) is 1.87. The molecule has 0 amide bonds. The van der Waals surface area contributed by atoms with Crippen LogP contribution in [0.15, 0.2) is 17.0 Å². The molecule has 0 aliphatic carbocycles. The van der Waals surface area contributed by atoms with Crippen LogP contribution in [0.5, 0.6) is 0 Å². The highest BCUT2D eigenvalue weighted by molar-refractivity contribution is 7.91. The lowest BCUT2D eigenvalue weighted by Gasteiger charge is -2.14. The van der Waals surface area contributed by atoms with Gasteiger partial charge in [-0.05, 0) is 31.9 Å². The third kappa shape index (κ3) is 1.46. The van der Waals surface area contributed by atoms with Crippen LogP contribution in [0.2, 0.25) is 0 Å². The Morgan fingerprint density at radius 2 is 2.15 bits per heavy atom. The van der Waals surface area contributed by atoms with Crippen LogP contribution in [-0.2, 0) is 16.3 Å². The van der Waals surface area contributed by atoms with Gasteiger partial charge < -0.3 is 0 Å². The zero-order valence-corrected chi connectivity index (χ0v) is 8.26. The summed E-state index contributed by atoms with van der Waals surface area (Å²) in [7, 11) is -3.02. The summed E-state index contributed by atoms with van der Waals surface area (Å²) in [6, 6.07) is 3.42. The van der Waals surface area contributed by atoms with Crippen LogP contribution in [0.1, 0.15) is 17.8 Å². The molecule has 3 nitrogen and oxygen atoms in total. The number of aromatic nitrogens is 1. The predicted octanol–water partition coefficient (Wildman–Crippen LogP) is 1.11. The van der Waals surface area contributed by atoms with Crippen molar-refractivity contribution in [2.75, 3.05) is 5.75 Å². The molecule has 2 heterocycles. The Bertz CT molecular complexity index is 437. The normalized spacial score (nSPS) is 19.5. The van der Waals surface area contributed by atoms with Gasteiger partial charge in [-0.15, -0.1) is 0 Å². The first-order chi connectivity index (χ1) is 6.09. The fraction of sp³-hybridized carbons (Fsp3) is 0.444. The Morgan fingerprint density at radius 1 is 1.38 bits per heavy atom. The van der Waals surface area contributed by atoms with E-state index in [4.69, 9.17) is 0 Å². The molecule has 0 aromatic carbocycles. The molecular formula is C9H11NO2S. The molecular weight excluding hydrogens is 186 g/mol. The minimum atomic E-state index is -3.02. The van der Waals surface area contributed by atoms with Crippen molar-refractivity contribution < 1.29 is 8.42 Å². The third-order valence-electron chi connectivity index (χ3n) is 2.23. The van der Waals surface area contributed by atoms with E-state index in [0.29, 0.717) is 11.3 Å². The molecule has 0 unspecified atom stereocenters. The number of pyridine rings is 1. The fourth-order valence-electron chi connectivity index (χ4n) is 1.60. The molecule has 0 saturated carbocycles. The molecule has 13 heavy (non-hydrogen) atoms. The molecule has 0 N–H and O–H groups in total. The van der Waals surface area contributed by atoms with E-state index in [1.54, 1.807) is 12.1 Å². The highest BCUT2D eigenvalue weighted by atomic mass is 32.2. The third-order valence-corrected chi connectivity index (χ3v) is 4.10. The second kappa shape index (κ2) is 2.80. The van der Waals surface area contributed by atoms with Gasteiger partial charge in [0, 0.05) is 5.69 Å². The van der Waals surface area contributed by atoms with Gasteiger partial charge in [-0.2, -0.15) is 0 Å². The lowest BCUT2D eigenvalue weighted by Crippen LogP contribution is -2.17. The van der Waals surface area contributed by atoms with Crippen LogP contribution in [0.25, 0.3) is 0 Å². The topological polar surface area (TPSA) is 47.0 Å². The molecule has 1 aliphatic rings. The number of aryl methyl sites for hydroxylation is 2. The Hall–Kier alpha value is -0.900. The molecule has 0 bridgehead atoms. The van der Waals surface area contributed by atoms with Gasteiger partial charge >= 0.3 is 0 Å². The van der Waals surface area contributed by atoms with Gasteiger partial charge in [-0.25, -0.2) is 8.42 Å². The van der Waals surface area contributed by atoms with Crippen molar-refractivity contribution in [1.82, 2.24) is 4.98 Å². The number of hydrogen-bond acceptors (Lipinski definition) is 3. The SMILES string of the molecule is Cc1ccc2c(n1)CCCS2(=O)=O. The van der Waals surface area contributed by atoms with Crippen LogP contribution in [0, 0.1) is 6.92 Å². The van der Waals surface area contributed by atoms with Crippen molar-refractivity contribution >= 4 is 9.84 Å². The maximum absolute atomic E-state index is 11.5.